The number of nitro groups is 1. The third-order valence-corrected chi connectivity index (χ3v) is 5.56. The first-order valence-corrected chi connectivity index (χ1v) is 10.0. The van der Waals surface area contributed by atoms with Gasteiger partial charge in [0.15, 0.2) is 0 Å². The quantitative estimate of drug-likeness (QED) is 0.363. The number of nitrogens with one attached hydrogen (secondary N) is 1. The zero-order chi connectivity index (χ0) is 23.7. The minimum atomic E-state index is -0.868. The summed E-state index contributed by atoms with van der Waals surface area (Å²) in [5.41, 5.74) is 2.71. The van der Waals surface area contributed by atoms with Crippen molar-refractivity contribution in [2.45, 2.75) is 13.0 Å². The van der Waals surface area contributed by atoms with Crippen LogP contribution >= 0.6 is 0 Å². The van der Waals surface area contributed by atoms with E-state index in [4.69, 9.17) is 4.74 Å². The number of aromatic nitrogens is 2. The average Bonchev–Trinajstić information content (AvgIpc) is 3.28. The first-order valence-electron chi connectivity index (χ1n) is 10.0. The summed E-state index contributed by atoms with van der Waals surface area (Å²) < 4.78 is 6.60. The van der Waals surface area contributed by atoms with Gasteiger partial charge in [0.1, 0.15) is 0 Å². The Morgan fingerprint density at radius 2 is 1.91 bits per heavy atom. The number of carbonyl (C=O) groups excluding carboxylic acids is 2. The van der Waals surface area contributed by atoms with Crippen molar-refractivity contribution >= 4 is 17.7 Å². The molecule has 2 aromatic carbocycles. The zero-order valence-corrected chi connectivity index (χ0v) is 18.2. The van der Waals surface area contributed by atoms with Crippen molar-refractivity contribution in [2.75, 3.05) is 14.2 Å². The van der Waals surface area contributed by atoms with Gasteiger partial charge in [0, 0.05) is 42.2 Å². The lowest BCUT2D eigenvalue weighted by Gasteiger charge is -2.32. The summed E-state index contributed by atoms with van der Waals surface area (Å²) in [5.74, 6) is -0.596. The Kier molecular flexibility index (Phi) is 5.65. The molecular weight excluding hydrogens is 426 g/mol. The Hall–Kier alpha value is -4.47. The molecule has 4 rings (SSSR count). The number of urea groups is 1. The highest BCUT2D eigenvalue weighted by Crippen LogP contribution is 2.37. The molecular formula is C23H21N5O5. The van der Waals surface area contributed by atoms with Crippen molar-refractivity contribution in [2.24, 2.45) is 0 Å². The molecule has 0 radical (unpaired) electrons. The number of non-ortho nitro benzene ring substituents is 1. The van der Waals surface area contributed by atoms with Gasteiger partial charge in [0.25, 0.3) is 5.69 Å². The van der Waals surface area contributed by atoms with E-state index >= 15 is 0 Å². The lowest BCUT2D eigenvalue weighted by atomic mass is 9.93. The van der Waals surface area contributed by atoms with Crippen LogP contribution in [0.4, 0.5) is 10.5 Å². The molecule has 1 atom stereocenters. The van der Waals surface area contributed by atoms with Crippen LogP contribution in [0.2, 0.25) is 0 Å². The van der Waals surface area contributed by atoms with Crippen LogP contribution in [0.3, 0.4) is 0 Å². The molecule has 10 heteroatoms. The van der Waals surface area contributed by atoms with Gasteiger partial charge in [-0.25, -0.2) is 14.3 Å². The Bertz CT molecular complexity index is 1280. The SMILES string of the molecule is COC(=O)C1=C(C)N(C)C(=O)N[C@@H]1c1cn(-c2ccccc2)nc1-c1cccc([N+](=O)[O-])c1. The van der Waals surface area contributed by atoms with Crippen LogP contribution in [-0.2, 0) is 9.53 Å². The number of esters is 1. The van der Waals surface area contributed by atoms with Crippen molar-refractivity contribution in [1.82, 2.24) is 20.0 Å². The topological polar surface area (TPSA) is 120 Å². The molecule has 3 aromatic rings. The molecule has 0 saturated carbocycles. The van der Waals surface area contributed by atoms with Crippen LogP contribution in [0.15, 0.2) is 72.1 Å². The second-order valence-corrected chi connectivity index (χ2v) is 7.45. The lowest BCUT2D eigenvalue weighted by Crippen LogP contribution is -2.46. The number of carbonyl (C=O) groups is 2. The molecule has 2 heterocycles. The van der Waals surface area contributed by atoms with Crippen molar-refractivity contribution in [3.05, 3.63) is 87.7 Å². The molecule has 0 spiro atoms. The van der Waals surface area contributed by atoms with E-state index in [2.05, 4.69) is 10.4 Å². The Balaban J connectivity index is 1.96. The van der Waals surface area contributed by atoms with E-state index in [-0.39, 0.29) is 11.3 Å². The summed E-state index contributed by atoms with van der Waals surface area (Å²) in [5, 5.41) is 18.8. The largest absolute Gasteiger partial charge is 0.466 e. The fourth-order valence-corrected chi connectivity index (χ4v) is 3.75. The number of benzene rings is 2. The number of hydrogen-bond donors (Lipinski definition) is 1. The second-order valence-electron chi connectivity index (χ2n) is 7.45. The normalized spacial score (nSPS) is 15.9. The summed E-state index contributed by atoms with van der Waals surface area (Å²) in [6.45, 7) is 1.66. The first-order chi connectivity index (χ1) is 15.8. The van der Waals surface area contributed by atoms with E-state index in [9.17, 15) is 19.7 Å². The number of methoxy groups -OCH3 is 1. The minimum absolute atomic E-state index is 0.0972. The molecule has 1 aliphatic rings. The number of hydrogen-bond acceptors (Lipinski definition) is 6. The van der Waals surface area contributed by atoms with Gasteiger partial charge in [0.05, 0.1) is 35.0 Å². The number of nitrogens with zero attached hydrogens (tertiary/aromatic N) is 4. The average molecular weight is 447 g/mol. The highest BCUT2D eigenvalue weighted by molar-refractivity contribution is 5.95. The van der Waals surface area contributed by atoms with Crippen LogP contribution in [0.1, 0.15) is 18.5 Å². The smallest absolute Gasteiger partial charge is 0.337 e. The molecule has 1 N–H and O–H groups in total. The fourth-order valence-electron chi connectivity index (χ4n) is 3.75. The highest BCUT2D eigenvalue weighted by Gasteiger charge is 2.37. The Labute approximate surface area is 189 Å². The predicted octanol–water partition coefficient (Wildman–Crippen LogP) is 3.59. The van der Waals surface area contributed by atoms with Crippen LogP contribution < -0.4 is 5.32 Å². The van der Waals surface area contributed by atoms with Gasteiger partial charge in [-0.2, -0.15) is 5.10 Å². The molecule has 0 unspecified atom stereocenters. The maximum absolute atomic E-state index is 12.7. The standard InChI is InChI=1S/C23H21N5O5/c1-14-19(22(29)33-3)21(24-23(30)26(14)2)18-13-27(16-9-5-4-6-10-16)25-20(18)15-8-7-11-17(12-15)28(31)32/h4-13,21H,1-3H3,(H,24,30)/t21-/m1/s1. The summed E-state index contributed by atoms with van der Waals surface area (Å²) in [6, 6.07) is 14.1. The molecule has 10 nitrogen and oxygen atoms in total. The number of nitro benzene ring substituents is 1. The molecule has 168 valence electrons. The Morgan fingerprint density at radius 3 is 2.58 bits per heavy atom. The van der Waals surface area contributed by atoms with Gasteiger partial charge in [-0.05, 0) is 19.1 Å². The number of allylic oxidation sites excluding steroid dienone is 1. The summed E-state index contributed by atoms with van der Waals surface area (Å²) >= 11 is 0. The van der Waals surface area contributed by atoms with E-state index < -0.39 is 23.0 Å². The zero-order valence-electron chi connectivity index (χ0n) is 18.2. The maximum Gasteiger partial charge on any atom is 0.337 e. The van der Waals surface area contributed by atoms with E-state index in [0.717, 1.165) is 5.69 Å². The molecule has 33 heavy (non-hydrogen) atoms. The fraction of sp³-hybridized carbons (Fsp3) is 0.174. The number of ether oxygens (including phenoxy) is 1. The monoisotopic (exact) mass is 447 g/mol. The van der Waals surface area contributed by atoms with Crippen molar-refractivity contribution in [1.29, 1.82) is 0 Å². The van der Waals surface area contributed by atoms with Crippen LogP contribution in [0.25, 0.3) is 16.9 Å². The molecule has 0 saturated heterocycles. The molecule has 1 aromatic heterocycles. The third kappa shape index (κ3) is 3.93. The Morgan fingerprint density at radius 1 is 1.18 bits per heavy atom. The van der Waals surface area contributed by atoms with Gasteiger partial charge < -0.3 is 15.0 Å². The highest BCUT2D eigenvalue weighted by atomic mass is 16.6. The van der Waals surface area contributed by atoms with Crippen molar-refractivity contribution < 1.29 is 19.2 Å². The van der Waals surface area contributed by atoms with Gasteiger partial charge in [-0.15, -0.1) is 0 Å². The van der Waals surface area contributed by atoms with E-state index in [1.165, 1.54) is 24.1 Å². The lowest BCUT2D eigenvalue weighted by molar-refractivity contribution is -0.384. The third-order valence-electron chi connectivity index (χ3n) is 5.56. The van der Waals surface area contributed by atoms with Gasteiger partial charge in [0.2, 0.25) is 0 Å². The number of rotatable bonds is 5. The van der Waals surface area contributed by atoms with Gasteiger partial charge in [-0.3, -0.25) is 10.1 Å². The van der Waals surface area contributed by atoms with Gasteiger partial charge in [-0.1, -0.05) is 30.3 Å². The second kappa shape index (κ2) is 8.58. The number of amides is 2. The molecule has 0 aliphatic carbocycles. The van der Waals surface area contributed by atoms with Crippen LogP contribution in [-0.4, -0.2) is 45.8 Å². The summed E-state index contributed by atoms with van der Waals surface area (Å²) in [4.78, 5) is 37.5. The van der Waals surface area contributed by atoms with Crippen LogP contribution in [0, 0.1) is 10.1 Å². The summed E-state index contributed by atoms with van der Waals surface area (Å²) in [7, 11) is 2.82. The van der Waals surface area contributed by atoms with E-state index in [0.29, 0.717) is 22.5 Å². The van der Waals surface area contributed by atoms with E-state index in [1.807, 2.05) is 30.3 Å². The molecule has 0 bridgehead atoms. The molecule has 0 fully saturated rings. The summed E-state index contributed by atoms with van der Waals surface area (Å²) in [6.07, 6.45) is 1.70. The first kappa shape index (κ1) is 21.8. The molecule has 1 aliphatic heterocycles. The number of para-hydroxylation sites is 1. The molecule has 2 amide bonds. The van der Waals surface area contributed by atoms with Gasteiger partial charge >= 0.3 is 12.0 Å². The van der Waals surface area contributed by atoms with Crippen molar-refractivity contribution in [3.8, 4) is 16.9 Å². The minimum Gasteiger partial charge on any atom is -0.466 e. The van der Waals surface area contributed by atoms with E-state index in [1.54, 1.807) is 37.0 Å². The predicted molar refractivity (Wildman–Crippen MR) is 119 cm³/mol. The van der Waals surface area contributed by atoms with Crippen LogP contribution in [0.5, 0.6) is 0 Å². The van der Waals surface area contributed by atoms with Crippen molar-refractivity contribution in [3.63, 3.8) is 0 Å². The maximum atomic E-state index is 12.7.